The number of hydrogen-bond acceptors (Lipinski definition) is 5. The van der Waals surface area contributed by atoms with Crippen LogP contribution >= 0.6 is 0 Å². The van der Waals surface area contributed by atoms with E-state index in [0.717, 1.165) is 5.56 Å². The van der Waals surface area contributed by atoms with Crippen LogP contribution in [0.5, 0.6) is 11.5 Å². The van der Waals surface area contributed by atoms with Crippen molar-refractivity contribution in [3.63, 3.8) is 0 Å². The summed E-state index contributed by atoms with van der Waals surface area (Å²) in [7, 11) is -3.63. The lowest BCUT2D eigenvalue weighted by molar-refractivity contribution is -0.116. The van der Waals surface area contributed by atoms with E-state index in [1.54, 1.807) is 30.3 Å². The minimum Gasteiger partial charge on any atom is -0.454 e. The summed E-state index contributed by atoms with van der Waals surface area (Å²) in [6, 6.07) is 11.7. The van der Waals surface area contributed by atoms with E-state index in [9.17, 15) is 13.2 Å². The maximum Gasteiger partial charge on any atom is 0.240 e. The molecule has 8 heteroatoms. The summed E-state index contributed by atoms with van der Waals surface area (Å²) in [5.41, 5.74) is 1.42. The summed E-state index contributed by atoms with van der Waals surface area (Å²) in [6.07, 6.45) is 0.0134. The van der Waals surface area contributed by atoms with E-state index < -0.39 is 10.0 Å². The third-order valence-corrected chi connectivity index (χ3v) is 5.06. The molecule has 2 aromatic rings. The highest BCUT2D eigenvalue weighted by Gasteiger charge is 2.16. The van der Waals surface area contributed by atoms with Crippen molar-refractivity contribution in [2.45, 2.75) is 18.2 Å². The minimum atomic E-state index is -3.63. The van der Waals surface area contributed by atoms with Gasteiger partial charge in [0, 0.05) is 24.7 Å². The zero-order valence-corrected chi connectivity index (χ0v) is 14.4. The number of carbonyl (C=O) groups is 1. The van der Waals surface area contributed by atoms with Crippen molar-refractivity contribution in [3.8, 4) is 11.5 Å². The Bertz CT molecular complexity index is 896. The third-order valence-electron chi connectivity index (χ3n) is 3.60. The summed E-state index contributed by atoms with van der Waals surface area (Å²) in [4.78, 5) is 12.2. The lowest BCUT2D eigenvalue weighted by atomic mass is 10.2. The largest absolute Gasteiger partial charge is 0.454 e. The Labute approximate surface area is 146 Å². The van der Waals surface area contributed by atoms with Gasteiger partial charge in [0.05, 0.1) is 4.90 Å². The Morgan fingerprint density at radius 1 is 1.12 bits per heavy atom. The molecule has 0 radical (unpaired) electrons. The monoisotopic (exact) mass is 362 g/mol. The first-order valence-electron chi connectivity index (χ1n) is 7.70. The molecule has 0 aromatic heterocycles. The third kappa shape index (κ3) is 4.28. The molecule has 1 heterocycles. The number of benzene rings is 2. The molecule has 1 aliphatic heterocycles. The maximum absolute atomic E-state index is 12.2. The van der Waals surface area contributed by atoms with E-state index in [4.69, 9.17) is 9.47 Å². The number of amides is 1. The summed E-state index contributed by atoms with van der Waals surface area (Å²) >= 11 is 0. The Hall–Kier alpha value is -2.58. The molecule has 0 aliphatic carbocycles. The van der Waals surface area contributed by atoms with E-state index in [1.807, 2.05) is 13.0 Å². The lowest BCUT2D eigenvalue weighted by Gasteiger charge is -2.08. The van der Waals surface area contributed by atoms with E-state index in [-0.39, 0.29) is 30.6 Å². The zero-order chi connectivity index (χ0) is 17.9. The van der Waals surface area contributed by atoms with Crippen LogP contribution in [0.2, 0.25) is 0 Å². The van der Waals surface area contributed by atoms with Gasteiger partial charge >= 0.3 is 0 Å². The van der Waals surface area contributed by atoms with Crippen molar-refractivity contribution in [2.24, 2.45) is 0 Å². The molecule has 2 aromatic carbocycles. The fourth-order valence-electron chi connectivity index (χ4n) is 2.36. The van der Waals surface area contributed by atoms with Crippen molar-refractivity contribution in [2.75, 3.05) is 18.7 Å². The van der Waals surface area contributed by atoms with Gasteiger partial charge in [-0.2, -0.15) is 0 Å². The number of carbonyl (C=O) groups excluding carboxylic acids is 1. The van der Waals surface area contributed by atoms with E-state index in [0.29, 0.717) is 17.2 Å². The predicted octanol–water partition coefficient (Wildman–Crippen LogP) is 2.03. The van der Waals surface area contributed by atoms with Gasteiger partial charge in [-0.15, -0.1) is 0 Å². The quantitative estimate of drug-likeness (QED) is 0.820. The molecule has 0 fully saturated rings. The summed E-state index contributed by atoms with van der Waals surface area (Å²) < 4.78 is 37.2. The Balaban J connectivity index is 1.52. The number of ether oxygens (including phenoxy) is 2. The van der Waals surface area contributed by atoms with Gasteiger partial charge in [0.25, 0.3) is 0 Å². The van der Waals surface area contributed by atoms with Gasteiger partial charge in [0.2, 0.25) is 22.7 Å². The summed E-state index contributed by atoms with van der Waals surface area (Å²) in [5.74, 6) is 0.896. The predicted molar refractivity (Wildman–Crippen MR) is 92.2 cm³/mol. The second kappa shape index (κ2) is 7.12. The molecule has 1 aliphatic rings. The highest BCUT2D eigenvalue weighted by Crippen LogP contribution is 2.34. The molecule has 0 bridgehead atoms. The smallest absolute Gasteiger partial charge is 0.240 e. The van der Waals surface area contributed by atoms with Gasteiger partial charge in [0.15, 0.2) is 11.5 Å². The van der Waals surface area contributed by atoms with Crippen LogP contribution in [0.3, 0.4) is 0 Å². The topological polar surface area (TPSA) is 93.7 Å². The van der Waals surface area contributed by atoms with Crippen LogP contribution in [0, 0.1) is 6.92 Å². The van der Waals surface area contributed by atoms with Crippen LogP contribution in [0.25, 0.3) is 0 Å². The fourth-order valence-corrected chi connectivity index (χ4v) is 3.50. The number of rotatable bonds is 6. The van der Waals surface area contributed by atoms with E-state index in [1.165, 1.54) is 6.07 Å². The fraction of sp³-hybridized carbons (Fsp3) is 0.235. The van der Waals surface area contributed by atoms with E-state index in [2.05, 4.69) is 10.0 Å². The molecule has 7 nitrogen and oxygen atoms in total. The Morgan fingerprint density at radius 3 is 2.72 bits per heavy atom. The van der Waals surface area contributed by atoms with Gasteiger partial charge in [-0.05, 0) is 36.8 Å². The minimum absolute atomic E-state index is 0.00661. The molecule has 132 valence electrons. The number of aryl methyl sites for hydroxylation is 1. The van der Waals surface area contributed by atoms with Crippen LogP contribution in [-0.4, -0.2) is 27.7 Å². The summed E-state index contributed by atoms with van der Waals surface area (Å²) in [5, 5.41) is 2.70. The molecule has 0 saturated heterocycles. The average Bonchev–Trinajstić information content (AvgIpc) is 3.02. The van der Waals surface area contributed by atoms with Crippen molar-refractivity contribution >= 4 is 21.6 Å². The van der Waals surface area contributed by atoms with Gasteiger partial charge < -0.3 is 14.8 Å². The maximum atomic E-state index is 12.2. The molecule has 25 heavy (non-hydrogen) atoms. The second-order valence-corrected chi connectivity index (χ2v) is 7.35. The highest BCUT2D eigenvalue weighted by atomic mass is 32.2. The van der Waals surface area contributed by atoms with Crippen LogP contribution in [0.4, 0.5) is 5.69 Å². The van der Waals surface area contributed by atoms with E-state index >= 15 is 0 Å². The lowest BCUT2D eigenvalue weighted by Crippen LogP contribution is -2.27. The summed E-state index contributed by atoms with van der Waals surface area (Å²) in [6.45, 7) is 1.98. The molecule has 0 saturated carbocycles. The van der Waals surface area contributed by atoms with Crippen LogP contribution in [0.15, 0.2) is 47.4 Å². The van der Waals surface area contributed by atoms with Crippen molar-refractivity contribution < 1.29 is 22.7 Å². The Morgan fingerprint density at radius 2 is 1.92 bits per heavy atom. The van der Waals surface area contributed by atoms with Crippen molar-refractivity contribution in [1.29, 1.82) is 0 Å². The van der Waals surface area contributed by atoms with Crippen LogP contribution in [0.1, 0.15) is 12.0 Å². The second-order valence-electron chi connectivity index (χ2n) is 5.58. The first-order chi connectivity index (χ1) is 11.9. The zero-order valence-electron chi connectivity index (χ0n) is 13.6. The molecular weight excluding hydrogens is 344 g/mol. The number of fused-ring (bicyclic) bond motifs is 1. The first kappa shape index (κ1) is 17.2. The normalized spacial score (nSPS) is 12.8. The molecule has 2 N–H and O–H groups in total. The number of hydrogen-bond donors (Lipinski definition) is 2. The van der Waals surface area contributed by atoms with Gasteiger partial charge in [0.1, 0.15) is 0 Å². The van der Waals surface area contributed by atoms with Gasteiger partial charge in [-0.1, -0.05) is 12.1 Å². The Kier molecular flexibility index (Phi) is 4.91. The van der Waals surface area contributed by atoms with Gasteiger partial charge in [-0.25, -0.2) is 13.1 Å². The average molecular weight is 362 g/mol. The highest BCUT2D eigenvalue weighted by molar-refractivity contribution is 7.89. The molecule has 3 rings (SSSR count). The van der Waals surface area contributed by atoms with Gasteiger partial charge in [-0.3, -0.25) is 4.79 Å². The first-order valence-corrected chi connectivity index (χ1v) is 9.18. The standard InChI is InChI=1S/C17H18N2O5S/c1-12-3-2-4-14(9-12)25(21,22)18-8-7-17(20)19-13-5-6-15-16(10-13)24-11-23-15/h2-6,9-10,18H,7-8,11H2,1H3,(H,19,20). The SMILES string of the molecule is Cc1cccc(S(=O)(=O)NCCC(=O)Nc2ccc3c(c2)OCO3)c1. The number of anilines is 1. The van der Waals surface area contributed by atoms with Crippen molar-refractivity contribution in [3.05, 3.63) is 48.0 Å². The molecule has 0 spiro atoms. The molecule has 0 atom stereocenters. The van der Waals surface area contributed by atoms with Crippen molar-refractivity contribution in [1.82, 2.24) is 4.72 Å². The molecule has 1 amide bonds. The molecule has 0 unspecified atom stereocenters. The molecular formula is C17H18N2O5S. The number of nitrogens with one attached hydrogen (secondary N) is 2. The van der Waals surface area contributed by atoms with Crippen LogP contribution in [-0.2, 0) is 14.8 Å². The number of sulfonamides is 1. The van der Waals surface area contributed by atoms with Crippen LogP contribution < -0.4 is 19.5 Å².